The van der Waals surface area contributed by atoms with E-state index in [0.717, 1.165) is 13.1 Å². The molecule has 20 heavy (non-hydrogen) atoms. The van der Waals surface area contributed by atoms with Gasteiger partial charge in [-0.3, -0.25) is 4.90 Å². The van der Waals surface area contributed by atoms with Crippen LogP contribution in [0.3, 0.4) is 0 Å². The normalized spacial score (nSPS) is 17.1. The van der Waals surface area contributed by atoms with Crippen molar-refractivity contribution in [1.29, 1.82) is 0 Å². The molecular weight excluding hydrogens is 244 g/mol. The van der Waals surface area contributed by atoms with Gasteiger partial charge in [-0.15, -0.1) is 0 Å². The SMILES string of the molecule is Cc1cc(CN)ccc1CN1CC=C(C(C)(C)C)CC1. The smallest absolute Gasteiger partial charge is 0.0239 e. The van der Waals surface area contributed by atoms with Crippen molar-refractivity contribution in [2.75, 3.05) is 13.1 Å². The zero-order valence-electron chi connectivity index (χ0n) is 13.4. The van der Waals surface area contributed by atoms with Crippen LogP contribution in [0.15, 0.2) is 29.8 Å². The lowest BCUT2D eigenvalue weighted by molar-refractivity contribution is 0.271. The number of rotatable bonds is 3. The van der Waals surface area contributed by atoms with E-state index in [1.807, 2.05) is 0 Å². The molecule has 1 heterocycles. The minimum Gasteiger partial charge on any atom is -0.326 e. The lowest BCUT2D eigenvalue weighted by atomic mass is 9.83. The maximum atomic E-state index is 5.69. The number of aryl methyl sites for hydroxylation is 1. The van der Waals surface area contributed by atoms with Crippen LogP contribution < -0.4 is 5.73 Å². The second kappa shape index (κ2) is 6.11. The molecule has 0 amide bonds. The molecule has 0 unspecified atom stereocenters. The largest absolute Gasteiger partial charge is 0.326 e. The highest BCUT2D eigenvalue weighted by Crippen LogP contribution is 2.30. The van der Waals surface area contributed by atoms with Gasteiger partial charge in [0.1, 0.15) is 0 Å². The van der Waals surface area contributed by atoms with Gasteiger partial charge in [0.25, 0.3) is 0 Å². The Labute approximate surface area is 123 Å². The lowest BCUT2D eigenvalue weighted by Crippen LogP contribution is -2.31. The summed E-state index contributed by atoms with van der Waals surface area (Å²) in [6.07, 6.45) is 3.62. The Morgan fingerprint density at radius 2 is 2.00 bits per heavy atom. The fourth-order valence-electron chi connectivity index (χ4n) is 2.84. The van der Waals surface area contributed by atoms with Gasteiger partial charge >= 0.3 is 0 Å². The van der Waals surface area contributed by atoms with Crippen LogP contribution in [-0.4, -0.2) is 18.0 Å². The van der Waals surface area contributed by atoms with Crippen molar-refractivity contribution < 1.29 is 0 Å². The van der Waals surface area contributed by atoms with E-state index in [1.165, 1.54) is 29.7 Å². The summed E-state index contributed by atoms with van der Waals surface area (Å²) in [4.78, 5) is 2.53. The Morgan fingerprint density at radius 3 is 2.50 bits per heavy atom. The molecule has 2 heteroatoms. The molecule has 2 nitrogen and oxygen atoms in total. The molecule has 1 aliphatic rings. The Hall–Kier alpha value is -1.12. The lowest BCUT2D eigenvalue weighted by Gasteiger charge is -2.32. The van der Waals surface area contributed by atoms with Gasteiger partial charge < -0.3 is 5.73 Å². The molecule has 0 aliphatic carbocycles. The first kappa shape index (κ1) is 15.3. The minimum atomic E-state index is 0.324. The van der Waals surface area contributed by atoms with E-state index >= 15 is 0 Å². The molecular formula is C18H28N2. The zero-order chi connectivity index (χ0) is 14.8. The van der Waals surface area contributed by atoms with E-state index in [-0.39, 0.29) is 0 Å². The molecule has 0 fully saturated rings. The molecule has 0 bridgehead atoms. The Balaban J connectivity index is 2.01. The van der Waals surface area contributed by atoms with Gasteiger partial charge in [0.05, 0.1) is 0 Å². The molecule has 2 rings (SSSR count). The van der Waals surface area contributed by atoms with Crippen LogP contribution in [0.5, 0.6) is 0 Å². The monoisotopic (exact) mass is 272 g/mol. The molecule has 1 aromatic rings. The first-order valence-corrected chi connectivity index (χ1v) is 7.60. The first-order valence-electron chi connectivity index (χ1n) is 7.60. The van der Waals surface area contributed by atoms with E-state index in [2.05, 4.69) is 56.9 Å². The van der Waals surface area contributed by atoms with Gasteiger partial charge in [-0.25, -0.2) is 0 Å². The summed E-state index contributed by atoms with van der Waals surface area (Å²) in [6.45, 7) is 13.0. The quantitative estimate of drug-likeness (QED) is 0.851. The number of benzene rings is 1. The molecule has 0 saturated carbocycles. The van der Waals surface area contributed by atoms with Crippen molar-refractivity contribution in [2.24, 2.45) is 11.1 Å². The zero-order valence-corrected chi connectivity index (χ0v) is 13.4. The van der Waals surface area contributed by atoms with Gasteiger partial charge in [-0.05, 0) is 35.4 Å². The summed E-state index contributed by atoms with van der Waals surface area (Å²) in [5, 5.41) is 0. The van der Waals surface area contributed by atoms with Crippen LogP contribution in [-0.2, 0) is 13.1 Å². The molecule has 0 atom stereocenters. The van der Waals surface area contributed by atoms with Crippen LogP contribution in [0.25, 0.3) is 0 Å². The van der Waals surface area contributed by atoms with E-state index in [0.29, 0.717) is 12.0 Å². The molecule has 2 N–H and O–H groups in total. The first-order chi connectivity index (χ1) is 9.40. The molecule has 0 spiro atoms. The molecule has 0 aromatic heterocycles. The second-order valence-electron chi connectivity index (χ2n) is 6.93. The van der Waals surface area contributed by atoms with E-state index in [1.54, 1.807) is 5.57 Å². The highest BCUT2D eigenvalue weighted by atomic mass is 15.1. The van der Waals surface area contributed by atoms with Crippen molar-refractivity contribution in [1.82, 2.24) is 4.90 Å². The van der Waals surface area contributed by atoms with Crippen molar-refractivity contribution in [2.45, 2.75) is 47.2 Å². The fourth-order valence-corrected chi connectivity index (χ4v) is 2.84. The van der Waals surface area contributed by atoms with Crippen molar-refractivity contribution in [3.8, 4) is 0 Å². The Kier molecular flexibility index (Phi) is 4.66. The number of nitrogens with two attached hydrogens (primary N) is 1. The molecule has 0 saturated heterocycles. The predicted molar refractivity (Wildman–Crippen MR) is 86.5 cm³/mol. The summed E-state index contributed by atoms with van der Waals surface area (Å²) in [5.74, 6) is 0. The number of hydrogen-bond acceptors (Lipinski definition) is 2. The average molecular weight is 272 g/mol. The number of nitrogens with zero attached hydrogens (tertiary/aromatic N) is 1. The van der Waals surface area contributed by atoms with Crippen molar-refractivity contribution in [3.63, 3.8) is 0 Å². The van der Waals surface area contributed by atoms with E-state index in [9.17, 15) is 0 Å². The van der Waals surface area contributed by atoms with Gasteiger partial charge in [0, 0.05) is 26.2 Å². The van der Waals surface area contributed by atoms with Gasteiger partial charge in [0.15, 0.2) is 0 Å². The number of hydrogen-bond donors (Lipinski definition) is 1. The fraction of sp³-hybridized carbons (Fsp3) is 0.556. The summed E-state index contributed by atoms with van der Waals surface area (Å²) in [7, 11) is 0. The topological polar surface area (TPSA) is 29.3 Å². The molecule has 1 aliphatic heterocycles. The van der Waals surface area contributed by atoms with Gasteiger partial charge in [-0.2, -0.15) is 0 Å². The third-order valence-corrected chi connectivity index (χ3v) is 4.29. The Bertz CT molecular complexity index is 495. The standard InChI is InChI=1S/C18H28N2/c1-14-11-15(12-19)5-6-16(14)13-20-9-7-17(8-10-20)18(2,3)4/h5-7,11H,8-10,12-13,19H2,1-4H3. The van der Waals surface area contributed by atoms with Crippen molar-refractivity contribution >= 4 is 0 Å². The van der Waals surface area contributed by atoms with Crippen LogP contribution in [0, 0.1) is 12.3 Å². The third-order valence-electron chi connectivity index (χ3n) is 4.29. The molecule has 0 radical (unpaired) electrons. The molecule has 1 aromatic carbocycles. The van der Waals surface area contributed by atoms with Crippen LogP contribution in [0.4, 0.5) is 0 Å². The van der Waals surface area contributed by atoms with E-state index in [4.69, 9.17) is 5.73 Å². The molecule has 110 valence electrons. The average Bonchev–Trinajstić information content (AvgIpc) is 2.40. The van der Waals surface area contributed by atoms with Crippen LogP contribution >= 0.6 is 0 Å². The summed E-state index contributed by atoms with van der Waals surface area (Å²) in [5.41, 5.74) is 11.6. The summed E-state index contributed by atoms with van der Waals surface area (Å²) >= 11 is 0. The van der Waals surface area contributed by atoms with Gasteiger partial charge in [0.2, 0.25) is 0 Å². The summed E-state index contributed by atoms with van der Waals surface area (Å²) < 4.78 is 0. The third kappa shape index (κ3) is 3.71. The highest BCUT2D eigenvalue weighted by Gasteiger charge is 2.21. The minimum absolute atomic E-state index is 0.324. The van der Waals surface area contributed by atoms with Gasteiger partial charge in [-0.1, -0.05) is 50.6 Å². The Morgan fingerprint density at radius 1 is 1.25 bits per heavy atom. The van der Waals surface area contributed by atoms with E-state index < -0.39 is 0 Å². The summed E-state index contributed by atoms with van der Waals surface area (Å²) in [6, 6.07) is 6.61. The van der Waals surface area contributed by atoms with Crippen LogP contribution in [0.2, 0.25) is 0 Å². The second-order valence-corrected chi connectivity index (χ2v) is 6.93. The maximum Gasteiger partial charge on any atom is 0.0239 e. The predicted octanol–water partition coefficient (Wildman–Crippen LogP) is 3.63. The van der Waals surface area contributed by atoms with Crippen LogP contribution in [0.1, 0.15) is 43.9 Å². The highest BCUT2D eigenvalue weighted by molar-refractivity contribution is 5.31. The maximum absolute atomic E-state index is 5.69. The van der Waals surface area contributed by atoms with Crippen molar-refractivity contribution in [3.05, 3.63) is 46.5 Å².